The van der Waals surface area contributed by atoms with Crippen molar-refractivity contribution in [1.29, 1.82) is 0 Å². The van der Waals surface area contributed by atoms with E-state index >= 15 is 0 Å². The van der Waals surface area contributed by atoms with Crippen LogP contribution in [-0.2, 0) is 9.84 Å². The van der Waals surface area contributed by atoms with E-state index in [0.717, 1.165) is 6.07 Å². The number of halogens is 1. The van der Waals surface area contributed by atoms with Crippen molar-refractivity contribution in [2.45, 2.75) is 24.0 Å². The molecule has 1 heterocycles. The predicted molar refractivity (Wildman–Crippen MR) is 115 cm³/mol. The van der Waals surface area contributed by atoms with E-state index in [2.05, 4.69) is 5.32 Å². The Labute approximate surface area is 179 Å². The molecule has 5 nitrogen and oxygen atoms in total. The Bertz CT molecular complexity index is 1110. The van der Waals surface area contributed by atoms with Crippen molar-refractivity contribution in [3.63, 3.8) is 0 Å². The van der Waals surface area contributed by atoms with Crippen LogP contribution in [-0.4, -0.2) is 27.5 Å². The first kappa shape index (κ1) is 22.0. The van der Waals surface area contributed by atoms with Crippen molar-refractivity contribution >= 4 is 27.1 Å². The summed E-state index contributed by atoms with van der Waals surface area (Å²) in [5, 5.41) is 3.52. The summed E-state index contributed by atoms with van der Waals surface area (Å²) in [5.41, 5.74) is 0.651. The van der Waals surface area contributed by atoms with Gasteiger partial charge in [0.2, 0.25) is 0 Å². The lowest BCUT2D eigenvalue weighted by molar-refractivity contribution is 0.0953. The average Bonchev–Trinajstić information content (AvgIpc) is 3.25. The number of carbonyl (C=O) groups excluding carboxylic acids is 1. The molecule has 2 aromatic carbocycles. The lowest BCUT2D eigenvalue weighted by Gasteiger charge is -2.18. The first-order chi connectivity index (χ1) is 14.3. The summed E-state index contributed by atoms with van der Waals surface area (Å²) in [5.74, 6) is -0.199. The van der Waals surface area contributed by atoms with Crippen molar-refractivity contribution in [3.8, 4) is 5.75 Å². The monoisotopic (exact) mass is 447 g/mol. The standard InChI is InChI=1S/C22H22FNO4S2/c1-3-28-17-8-6-16(7-9-17)22(25)24-14-21(20-5-4-12-29-20)30(26,27)18-10-11-19(23)15(2)13-18/h4-13,21H,3,14H2,1-2H3,(H,24,25)/t21-/m0/s1. The molecule has 1 N–H and O–H groups in total. The molecule has 0 fully saturated rings. The Balaban J connectivity index is 1.82. The second-order valence-electron chi connectivity index (χ2n) is 6.63. The number of ether oxygens (including phenoxy) is 1. The number of thiophene rings is 1. The minimum Gasteiger partial charge on any atom is -0.494 e. The molecule has 1 atom stereocenters. The fourth-order valence-electron chi connectivity index (χ4n) is 2.95. The van der Waals surface area contributed by atoms with Crippen molar-refractivity contribution < 1.29 is 22.3 Å². The summed E-state index contributed by atoms with van der Waals surface area (Å²) >= 11 is 1.29. The minimum atomic E-state index is -3.85. The lowest BCUT2D eigenvalue weighted by atomic mass is 10.2. The zero-order valence-electron chi connectivity index (χ0n) is 16.6. The number of rotatable bonds is 8. The third-order valence-electron chi connectivity index (χ3n) is 4.57. The van der Waals surface area contributed by atoms with Crippen LogP contribution >= 0.6 is 11.3 Å². The highest BCUT2D eigenvalue weighted by Crippen LogP contribution is 2.32. The number of hydrogen-bond acceptors (Lipinski definition) is 5. The van der Waals surface area contributed by atoms with Gasteiger partial charge in [-0.15, -0.1) is 11.3 Å². The van der Waals surface area contributed by atoms with Gasteiger partial charge in [-0.05, 0) is 73.3 Å². The average molecular weight is 448 g/mol. The highest BCUT2D eigenvalue weighted by molar-refractivity contribution is 7.91. The smallest absolute Gasteiger partial charge is 0.251 e. The van der Waals surface area contributed by atoms with Crippen LogP contribution in [0.3, 0.4) is 0 Å². The Morgan fingerprint density at radius 1 is 1.17 bits per heavy atom. The molecule has 0 spiro atoms. The van der Waals surface area contributed by atoms with Gasteiger partial charge in [-0.2, -0.15) is 0 Å². The molecule has 0 aliphatic heterocycles. The van der Waals surface area contributed by atoms with Crippen molar-refractivity contribution in [2.24, 2.45) is 0 Å². The van der Waals surface area contributed by atoms with Crippen molar-refractivity contribution in [2.75, 3.05) is 13.2 Å². The Morgan fingerprint density at radius 2 is 1.90 bits per heavy atom. The maximum absolute atomic E-state index is 13.6. The molecule has 1 amide bonds. The van der Waals surface area contributed by atoms with E-state index in [9.17, 15) is 17.6 Å². The molecule has 0 radical (unpaired) electrons. The molecule has 0 saturated carbocycles. The van der Waals surface area contributed by atoms with Gasteiger partial charge >= 0.3 is 0 Å². The molecule has 158 valence electrons. The van der Waals surface area contributed by atoms with Gasteiger partial charge < -0.3 is 10.1 Å². The maximum Gasteiger partial charge on any atom is 0.251 e. The third-order valence-corrected chi connectivity index (χ3v) is 7.78. The van der Waals surface area contributed by atoms with E-state index < -0.39 is 20.9 Å². The number of amides is 1. The fourth-order valence-corrected chi connectivity index (χ4v) is 5.82. The van der Waals surface area contributed by atoms with Crippen LogP contribution < -0.4 is 10.1 Å². The van der Waals surface area contributed by atoms with Crippen LogP contribution in [0.2, 0.25) is 0 Å². The van der Waals surface area contributed by atoms with Gasteiger partial charge in [0.25, 0.3) is 5.91 Å². The number of carbonyl (C=O) groups is 1. The molecule has 30 heavy (non-hydrogen) atoms. The fraction of sp³-hybridized carbons (Fsp3) is 0.227. The van der Waals surface area contributed by atoms with Gasteiger partial charge in [-0.3, -0.25) is 4.79 Å². The predicted octanol–water partition coefficient (Wildman–Crippen LogP) is 4.54. The topological polar surface area (TPSA) is 72.5 Å². The number of benzene rings is 2. The first-order valence-corrected chi connectivity index (χ1v) is 11.8. The quantitative estimate of drug-likeness (QED) is 0.515. The molecule has 0 unspecified atom stereocenters. The van der Waals surface area contributed by atoms with E-state index in [1.165, 1.54) is 30.4 Å². The molecular formula is C22H22FNO4S2. The van der Waals surface area contributed by atoms with E-state index in [4.69, 9.17) is 4.74 Å². The second-order valence-corrected chi connectivity index (χ2v) is 9.74. The summed E-state index contributed by atoms with van der Waals surface area (Å²) in [6.45, 7) is 3.80. The van der Waals surface area contributed by atoms with Gasteiger partial charge in [0, 0.05) is 17.0 Å². The van der Waals surface area contributed by atoms with Crippen LogP contribution in [0.1, 0.15) is 33.0 Å². The summed E-state index contributed by atoms with van der Waals surface area (Å²) < 4.78 is 45.5. The van der Waals surface area contributed by atoms with Crippen LogP contribution in [0.4, 0.5) is 4.39 Å². The van der Waals surface area contributed by atoms with Crippen LogP contribution in [0, 0.1) is 12.7 Å². The molecule has 0 bridgehead atoms. The maximum atomic E-state index is 13.6. The van der Waals surface area contributed by atoms with E-state index in [-0.39, 0.29) is 22.9 Å². The molecule has 0 aliphatic rings. The number of aryl methyl sites for hydroxylation is 1. The van der Waals surface area contributed by atoms with Gasteiger partial charge in [-0.1, -0.05) is 6.07 Å². The van der Waals surface area contributed by atoms with Gasteiger partial charge in [0.15, 0.2) is 9.84 Å². The normalized spacial score (nSPS) is 12.4. The summed E-state index contributed by atoms with van der Waals surface area (Å²) in [4.78, 5) is 13.2. The van der Waals surface area contributed by atoms with Crippen molar-refractivity contribution in [1.82, 2.24) is 5.32 Å². The third kappa shape index (κ3) is 4.88. The zero-order chi connectivity index (χ0) is 21.7. The second kappa shape index (κ2) is 9.40. The van der Waals surface area contributed by atoms with E-state index in [1.54, 1.807) is 41.8 Å². The van der Waals surface area contributed by atoms with Crippen molar-refractivity contribution in [3.05, 3.63) is 81.8 Å². The summed E-state index contributed by atoms with van der Waals surface area (Å²) in [6, 6.07) is 13.8. The van der Waals surface area contributed by atoms with Crippen LogP contribution in [0.25, 0.3) is 0 Å². The van der Waals surface area contributed by atoms with Crippen LogP contribution in [0.5, 0.6) is 5.75 Å². The van der Waals surface area contributed by atoms with Gasteiger partial charge in [0.05, 0.1) is 11.5 Å². The highest BCUT2D eigenvalue weighted by atomic mass is 32.2. The Morgan fingerprint density at radius 3 is 2.50 bits per heavy atom. The van der Waals surface area contributed by atoms with E-state index in [1.807, 2.05) is 6.92 Å². The SMILES string of the molecule is CCOc1ccc(C(=O)NC[C@@H](c2cccs2)S(=O)(=O)c2ccc(F)c(C)c2)cc1. The largest absolute Gasteiger partial charge is 0.494 e. The summed E-state index contributed by atoms with van der Waals surface area (Å²) in [6.07, 6.45) is 0. The van der Waals surface area contributed by atoms with Gasteiger partial charge in [0.1, 0.15) is 16.8 Å². The zero-order valence-corrected chi connectivity index (χ0v) is 18.2. The lowest BCUT2D eigenvalue weighted by Crippen LogP contribution is -2.31. The van der Waals surface area contributed by atoms with E-state index in [0.29, 0.717) is 22.8 Å². The number of nitrogens with one attached hydrogen (secondary N) is 1. The minimum absolute atomic E-state index is 0.0233. The Kier molecular flexibility index (Phi) is 6.89. The molecule has 0 aliphatic carbocycles. The first-order valence-electron chi connectivity index (χ1n) is 9.37. The molecule has 0 saturated heterocycles. The van der Waals surface area contributed by atoms with Gasteiger partial charge in [-0.25, -0.2) is 12.8 Å². The summed E-state index contributed by atoms with van der Waals surface area (Å²) in [7, 11) is -3.85. The number of hydrogen-bond donors (Lipinski definition) is 1. The Hall–Kier alpha value is -2.71. The van der Waals surface area contributed by atoms with Crippen LogP contribution in [0.15, 0.2) is 64.9 Å². The molecular weight excluding hydrogens is 425 g/mol. The molecule has 8 heteroatoms. The highest BCUT2D eigenvalue weighted by Gasteiger charge is 2.31. The molecule has 3 aromatic rings. The molecule has 3 rings (SSSR count). The molecule has 1 aromatic heterocycles. The number of sulfone groups is 1.